The van der Waals surface area contributed by atoms with E-state index in [4.69, 9.17) is 5.48 Å². The van der Waals surface area contributed by atoms with Crippen LogP contribution >= 0.6 is 15.9 Å². The van der Waals surface area contributed by atoms with Crippen molar-refractivity contribution in [2.45, 2.75) is 0 Å². The van der Waals surface area contributed by atoms with Crippen LogP contribution in [-0.4, -0.2) is 13.0 Å². The van der Waals surface area contributed by atoms with Crippen molar-refractivity contribution < 1.29 is 10.3 Å². The lowest BCUT2D eigenvalue weighted by atomic mass is 10.2. The number of carbonyl (C=O) groups excluding carboxylic acids is 1. The number of hydrogen-bond donors (Lipinski definition) is 1. The molecule has 1 aromatic carbocycles. The number of benzene rings is 1. The van der Waals surface area contributed by atoms with E-state index in [1.165, 1.54) is 7.05 Å². The maximum atomic E-state index is 11.3. The summed E-state index contributed by atoms with van der Waals surface area (Å²) >= 11 is 2.94. The fourth-order valence-corrected chi connectivity index (χ4v) is 0.734. The monoisotopic (exact) mass is 217 g/mol. The standard InChI is InChI=1S/C8H8BrNO/c1-10-8(11)6-2-4-7(9)5-3-6/h2-5H,1H3,(H,10,11)/i2D,3D,4D,5D. The molecule has 0 saturated heterocycles. The highest BCUT2D eigenvalue weighted by Crippen LogP contribution is 2.09. The number of rotatable bonds is 1. The van der Waals surface area contributed by atoms with Crippen LogP contribution in [0.25, 0.3) is 0 Å². The molecule has 58 valence electrons. The van der Waals surface area contributed by atoms with Gasteiger partial charge in [0.1, 0.15) is 0 Å². The number of halogens is 1. The molecule has 0 fully saturated rings. The molecule has 0 spiro atoms. The van der Waals surface area contributed by atoms with Crippen LogP contribution in [0.3, 0.4) is 0 Å². The van der Waals surface area contributed by atoms with Crippen LogP contribution in [0, 0.1) is 0 Å². The molecule has 1 N–H and O–H groups in total. The summed E-state index contributed by atoms with van der Waals surface area (Å²) in [7, 11) is 1.37. The van der Waals surface area contributed by atoms with E-state index in [9.17, 15) is 4.79 Å². The van der Waals surface area contributed by atoms with Crippen LogP contribution in [0.15, 0.2) is 28.6 Å². The quantitative estimate of drug-likeness (QED) is 0.765. The Balaban J connectivity index is 3.60. The third-order valence-corrected chi connectivity index (χ3v) is 1.45. The summed E-state index contributed by atoms with van der Waals surface area (Å²) in [6.45, 7) is 0. The van der Waals surface area contributed by atoms with Crippen molar-refractivity contribution in [3.05, 3.63) is 34.2 Å². The molecule has 0 heterocycles. The minimum Gasteiger partial charge on any atom is -0.355 e. The number of hydrogen-bond acceptors (Lipinski definition) is 1. The van der Waals surface area contributed by atoms with Gasteiger partial charge in [-0.15, -0.1) is 0 Å². The first-order valence-corrected chi connectivity index (χ1v) is 3.69. The Kier molecular flexibility index (Phi) is 1.37. The highest BCUT2D eigenvalue weighted by Gasteiger charge is 1.99. The first-order chi connectivity index (χ1) is 6.91. The summed E-state index contributed by atoms with van der Waals surface area (Å²) in [6, 6.07) is -1.20. The molecule has 0 unspecified atom stereocenters. The molecule has 0 saturated carbocycles. The van der Waals surface area contributed by atoms with E-state index in [0.29, 0.717) is 0 Å². The fraction of sp³-hybridized carbons (Fsp3) is 0.125. The van der Waals surface area contributed by atoms with Gasteiger partial charge in [-0.25, -0.2) is 0 Å². The first kappa shape index (κ1) is 4.26. The van der Waals surface area contributed by atoms with Gasteiger partial charge in [-0.05, 0) is 24.2 Å². The molecule has 0 aliphatic heterocycles. The fourth-order valence-electron chi connectivity index (χ4n) is 0.536. The highest BCUT2D eigenvalue weighted by molar-refractivity contribution is 9.10. The zero-order valence-corrected chi connectivity index (χ0v) is 7.37. The molecule has 2 nitrogen and oxygen atoms in total. The van der Waals surface area contributed by atoms with Gasteiger partial charge in [0, 0.05) is 17.1 Å². The summed E-state index contributed by atoms with van der Waals surface area (Å²) in [4.78, 5) is 11.3. The van der Waals surface area contributed by atoms with Gasteiger partial charge in [0.25, 0.3) is 5.91 Å². The normalized spacial score (nSPS) is 14.4. The lowest BCUT2D eigenvalue weighted by molar-refractivity contribution is 0.0963. The molecular weight excluding hydrogens is 206 g/mol. The van der Waals surface area contributed by atoms with Crippen LogP contribution < -0.4 is 5.32 Å². The van der Waals surface area contributed by atoms with E-state index < -0.39 is 5.91 Å². The predicted molar refractivity (Wildman–Crippen MR) is 47.5 cm³/mol. The maximum Gasteiger partial charge on any atom is 0.251 e. The summed E-state index contributed by atoms with van der Waals surface area (Å²) in [5.41, 5.74) is -0.240. The first-order valence-electron chi connectivity index (χ1n) is 4.89. The summed E-state index contributed by atoms with van der Waals surface area (Å²) in [6.07, 6.45) is 0. The lowest BCUT2D eigenvalue weighted by Crippen LogP contribution is -2.17. The number of carbonyl (C=O) groups is 1. The van der Waals surface area contributed by atoms with Crippen molar-refractivity contribution in [1.29, 1.82) is 0 Å². The zero-order chi connectivity index (χ0) is 11.7. The maximum absolute atomic E-state index is 11.3. The van der Waals surface area contributed by atoms with Gasteiger partial charge in [-0.3, -0.25) is 4.79 Å². The van der Waals surface area contributed by atoms with Crippen molar-refractivity contribution in [1.82, 2.24) is 5.32 Å². The van der Waals surface area contributed by atoms with E-state index in [0.717, 1.165) is 0 Å². The lowest BCUT2D eigenvalue weighted by Gasteiger charge is -1.97. The van der Waals surface area contributed by atoms with Crippen molar-refractivity contribution in [2.24, 2.45) is 0 Å². The Morgan fingerprint density at radius 2 is 2.09 bits per heavy atom. The van der Waals surface area contributed by atoms with E-state index in [1.807, 2.05) is 0 Å². The summed E-state index contributed by atoms with van der Waals surface area (Å²) in [5.74, 6) is -0.625. The Morgan fingerprint density at radius 1 is 1.55 bits per heavy atom. The molecule has 3 heteroatoms. The molecule has 0 atom stereocenters. The van der Waals surface area contributed by atoms with Gasteiger partial charge in [0.15, 0.2) is 0 Å². The smallest absolute Gasteiger partial charge is 0.251 e. The van der Waals surface area contributed by atoms with Crippen molar-refractivity contribution in [3.63, 3.8) is 0 Å². The molecule has 1 aromatic rings. The summed E-state index contributed by atoms with van der Waals surface area (Å²) in [5, 5.41) is 2.28. The second-order valence-electron chi connectivity index (χ2n) is 1.77. The van der Waals surface area contributed by atoms with Crippen molar-refractivity contribution in [2.75, 3.05) is 7.05 Å². The third-order valence-electron chi connectivity index (χ3n) is 1.05. The molecule has 0 radical (unpaired) electrons. The molecule has 0 aliphatic carbocycles. The molecule has 11 heavy (non-hydrogen) atoms. The second kappa shape index (κ2) is 3.53. The van der Waals surface area contributed by atoms with Gasteiger partial charge in [0.2, 0.25) is 0 Å². The average Bonchev–Trinajstić information content (AvgIpc) is 2.23. The van der Waals surface area contributed by atoms with Crippen LogP contribution in [0.1, 0.15) is 15.8 Å². The van der Waals surface area contributed by atoms with Crippen LogP contribution in [0.2, 0.25) is 0 Å². The third kappa shape index (κ3) is 2.05. The molecule has 0 bridgehead atoms. The molecule has 1 rings (SSSR count). The van der Waals surface area contributed by atoms with Gasteiger partial charge in [0.05, 0.1) is 5.48 Å². The van der Waals surface area contributed by atoms with Crippen LogP contribution in [-0.2, 0) is 0 Å². The largest absolute Gasteiger partial charge is 0.355 e. The average molecular weight is 218 g/mol. The van der Waals surface area contributed by atoms with E-state index in [1.54, 1.807) is 0 Å². The SMILES string of the molecule is [2H]c1c([2H])c(C(=O)NC)c([2H])c([2H])c1Br. The predicted octanol–water partition coefficient (Wildman–Crippen LogP) is 1.81. The number of amides is 1. The minimum atomic E-state index is -0.625. The van der Waals surface area contributed by atoms with E-state index in [-0.39, 0.29) is 34.2 Å². The van der Waals surface area contributed by atoms with Gasteiger partial charge >= 0.3 is 0 Å². The highest BCUT2D eigenvalue weighted by atomic mass is 79.9. The topological polar surface area (TPSA) is 29.1 Å². The van der Waals surface area contributed by atoms with Crippen molar-refractivity contribution in [3.8, 4) is 0 Å². The van der Waals surface area contributed by atoms with Crippen LogP contribution in [0.5, 0.6) is 0 Å². The Labute approximate surface area is 79.4 Å². The van der Waals surface area contributed by atoms with Crippen LogP contribution in [0.4, 0.5) is 0 Å². The molecule has 1 amide bonds. The van der Waals surface area contributed by atoms with Crippen molar-refractivity contribution >= 4 is 21.8 Å². The Morgan fingerprint density at radius 3 is 2.55 bits per heavy atom. The second-order valence-corrected chi connectivity index (χ2v) is 2.56. The zero-order valence-electron chi connectivity index (χ0n) is 9.79. The van der Waals surface area contributed by atoms with E-state index >= 15 is 0 Å². The Hall–Kier alpha value is -0.830. The Bertz CT molecular complexity index is 406. The molecule has 0 aromatic heterocycles. The summed E-state index contributed by atoms with van der Waals surface area (Å²) < 4.78 is 30.1. The minimum absolute atomic E-state index is 0.0603. The van der Waals surface area contributed by atoms with E-state index in [2.05, 4.69) is 21.2 Å². The van der Waals surface area contributed by atoms with Gasteiger partial charge < -0.3 is 5.32 Å². The molecular formula is C8H8BrNO. The number of nitrogens with one attached hydrogen (secondary N) is 1. The van der Waals surface area contributed by atoms with Gasteiger partial charge in [-0.1, -0.05) is 15.9 Å². The molecule has 0 aliphatic rings. The van der Waals surface area contributed by atoms with Gasteiger partial charge in [-0.2, -0.15) is 0 Å².